The van der Waals surface area contributed by atoms with Gasteiger partial charge in [-0.1, -0.05) is 80.6 Å². The summed E-state index contributed by atoms with van der Waals surface area (Å²) in [6.07, 6.45) is 2.69. The van der Waals surface area contributed by atoms with Gasteiger partial charge in [-0.05, 0) is 35.6 Å². The van der Waals surface area contributed by atoms with Crippen LogP contribution in [-0.2, 0) is 18.4 Å². The minimum Gasteiger partial charge on any atom is -0.350 e. The largest absolute Gasteiger partial charge is 0.350 e. The molecule has 0 aliphatic carbocycles. The molecule has 5 rings (SSSR count). The van der Waals surface area contributed by atoms with Crippen LogP contribution in [0.5, 0.6) is 0 Å². The monoisotopic (exact) mass is 465 g/mol. The van der Waals surface area contributed by atoms with Gasteiger partial charge < -0.3 is 14.8 Å². The van der Waals surface area contributed by atoms with E-state index in [1.165, 1.54) is 0 Å². The van der Waals surface area contributed by atoms with Crippen LogP contribution in [0.3, 0.4) is 0 Å². The predicted molar refractivity (Wildman–Crippen MR) is 139 cm³/mol. The lowest BCUT2D eigenvalue weighted by Crippen LogP contribution is -2.49. The summed E-state index contributed by atoms with van der Waals surface area (Å²) in [5.41, 5.74) is 4.82. The molecule has 0 saturated carbocycles. The number of hydrogen-bond acceptors (Lipinski definition) is 2. The van der Waals surface area contributed by atoms with Crippen molar-refractivity contribution in [1.29, 1.82) is 0 Å². The predicted octanol–water partition coefficient (Wildman–Crippen LogP) is 5.45. The molecule has 0 saturated heterocycles. The molecule has 1 N–H and O–H groups in total. The topological polar surface area (TPSA) is 54.3 Å². The molecule has 2 unspecified atom stereocenters. The lowest BCUT2D eigenvalue weighted by atomic mass is 9.95. The quantitative estimate of drug-likeness (QED) is 0.394. The molecule has 2 heterocycles. The first-order chi connectivity index (χ1) is 17.0. The summed E-state index contributed by atoms with van der Waals surface area (Å²) in [6.45, 7) is 4.62. The maximum Gasteiger partial charge on any atom is 0.255 e. The van der Waals surface area contributed by atoms with Gasteiger partial charge in [0.2, 0.25) is 5.91 Å². The molecule has 1 aliphatic heterocycles. The number of nitrogens with one attached hydrogen (secondary N) is 1. The van der Waals surface area contributed by atoms with Gasteiger partial charge in [0.1, 0.15) is 6.04 Å². The van der Waals surface area contributed by atoms with Gasteiger partial charge in [-0.15, -0.1) is 0 Å². The molecular weight excluding hydrogens is 434 g/mol. The van der Waals surface area contributed by atoms with Crippen LogP contribution in [0.15, 0.2) is 85.1 Å². The van der Waals surface area contributed by atoms with Crippen molar-refractivity contribution in [2.45, 2.75) is 38.9 Å². The normalized spacial score (nSPS) is 16.1. The molecule has 35 heavy (non-hydrogen) atoms. The Morgan fingerprint density at radius 1 is 0.914 bits per heavy atom. The number of hydrogen-bond donors (Lipinski definition) is 1. The van der Waals surface area contributed by atoms with E-state index in [2.05, 4.69) is 42.1 Å². The second-order valence-corrected chi connectivity index (χ2v) is 9.76. The fourth-order valence-electron chi connectivity index (χ4n) is 5.26. The van der Waals surface area contributed by atoms with Gasteiger partial charge in [0, 0.05) is 41.8 Å². The highest BCUT2D eigenvalue weighted by molar-refractivity contribution is 6.03. The Morgan fingerprint density at radius 3 is 2.37 bits per heavy atom. The molecule has 1 aromatic heterocycles. The van der Waals surface area contributed by atoms with Crippen LogP contribution in [0, 0.1) is 5.92 Å². The minimum absolute atomic E-state index is 0.0842. The van der Waals surface area contributed by atoms with E-state index in [1.807, 2.05) is 78.7 Å². The van der Waals surface area contributed by atoms with Crippen LogP contribution in [-0.4, -0.2) is 27.3 Å². The highest BCUT2D eigenvalue weighted by Gasteiger charge is 2.44. The fraction of sp³-hybridized carbons (Fsp3) is 0.267. The Balaban J connectivity index is 1.58. The van der Waals surface area contributed by atoms with E-state index in [-0.39, 0.29) is 23.8 Å². The average molecular weight is 466 g/mol. The van der Waals surface area contributed by atoms with Gasteiger partial charge >= 0.3 is 0 Å². The smallest absolute Gasteiger partial charge is 0.255 e. The molecular formula is C30H31N3O2. The van der Waals surface area contributed by atoms with Crippen molar-refractivity contribution < 1.29 is 9.59 Å². The number of carbonyl (C=O) groups excluding carboxylic acids is 2. The highest BCUT2D eigenvalue weighted by atomic mass is 16.2. The average Bonchev–Trinajstić information content (AvgIpc) is 3.35. The molecule has 0 fully saturated rings. The molecule has 0 radical (unpaired) electrons. The Bertz CT molecular complexity index is 1370. The van der Waals surface area contributed by atoms with Gasteiger partial charge in [-0.3, -0.25) is 9.59 Å². The standard InChI is InChI=1S/C30H31N3O2/c1-20(2)17-27(29(34)31-18-21-11-5-4-6-12-21)33-28(23-14-7-8-15-24(23)30(33)35)25-19-32(3)26-16-10-9-13-22(25)26/h4-16,19-20,27-28H,17-18H2,1-3H3,(H,31,34). The molecule has 1 aliphatic rings. The number of fused-ring (bicyclic) bond motifs is 2. The van der Waals surface area contributed by atoms with Crippen molar-refractivity contribution in [3.63, 3.8) is 0 Å². The number of para-hydroxylation sites is 1. The maximum absolute atomic E-state index is 13.9. The van der Waals surface area contributed by atoms with Gasteiger partial charge in [0.05, 0.1) is 6.04 Å². The van der Waals surface area contributed by atoms with E-state index in [0.29, 0.717) is 18.5 Å². The number of aryl methyl sites for hydroxylation is 1. The number of benzene rings is 3. The SMILES string of the molecule is CC(C)CC(C(=O)NCc1ccccc1)N1C(=O)c2ccccc2C1c1cn(C)c2ccccc12. The van der Waals surface area contributed by atoms with Crippen LogP contribution in [0.4, 0.5) is 0 Å². The first-order valence-electron chi connectivity index (χ1n) is 12.2. The van der Waals surface area contributed by atoms with Crippen LogP contribution in [0.25, 0.3) is 10.9 Å². The summed E-state index contributed by atoms with van der Waals surface area (Å²) >= 11 is 0. The van der Waals surface area contributed by atoms with E-state index in [4.69, 9.17) is 0 Å². The van der Waals surface area contributed by atoms with E-state index < -0.39 is 6.04 Å². The van der Waals surface area contributed by atoms with E-state index in [9.17, 15) is 9.59 Å². The second-order valence-electron chi connectivity index (χ2n) is 9.76. The number of aromatic nitrogens is 1. The molecule has 0 spiro atoms. The van der Waals surface area contributed by atoms with E-state index >= 15 is 0 Å². The number of carbonyl (C=O) groups is 2. The third-order valence-corrected chi connectivity index (χ3v) is 6.86. The van der Waals surface area contributed by atoms with E-state index in [1.54, 1.807) is 0 Å². The summed E-state index contributed by atoms with van der Waals surface area (Å²) in [7, 11) is 2.02. The van der Waals surface area contributed by atoms with Gasteiger partial charge in [-0.25, -0.2) is 0 Å². The van der Waals surface area contributed by atoms with Crippen molar-refractivity contribution in [3.05, 3.63) is 107 Å². The van der Waals surface area contributed by atoms with Crippen LogP contribution in [0.2, 0.25) is 0 Å². The first kappa shape index (κ1) is 22.9. The van der Waals surface area contributed by atoms with Crippen molar-refractivity contribution in [2.75, 3.05) is 0 Å². The fourth-order valence-corrected chi connectivity index (χ4v) is 5.26. The third-order valence-electron chi connectivity index (χ3n) is 6.86. The summed E-state index contributed by atoms with van der Waals surface area (Å²) in [5.74, 6) is 0.0418. The van der Waals surface area contributed by atoms with Gasteiger partial charge in [0.25, 0.3) is 5.91 Å². The second kappa shape index (κ2) is 9.41. The van der Waals surface area contributed by atoms with Crippen molar-refractivity contribution in [2.24, 2.45) is 13.0 Å². The van der Waals surface area contributed by atoms with Gasteiger partial charge in [-0.2, -0.15) is 0 Å². The summed E-state index contributed by atoms with van der Waals surface area (Å²) in [4.78, 5) is 29.4. The molecule has 2 atom stereocenters. The van der Waals surface area contributed by atoms with Crippen LogP contribution < -0.4 is 5.32 Å². The minimum atomic E-state index is -0.581. The first-order valence-corrected chi connectivity index (χ1v) is 12.2. The van der Waals surface area contributed by atoms with Crippen LogP contribution >= 0.6 is 0 Å². The molecule has 5 heteroatoms. The zero-order valence-corrected chi connectivity index (χ0v) is 20.4. The Labute approximate surface area is 206 Å². The Kier molecular flexibility index (Phi) is 6.16. The van der Waals surface area contributed by atoms with E-state index in [0.717, 1.165) is 27.6 Å². The van der Waals surface area contributed by atoms with Crippen molar-refractivity contribution >= 4 is 22.7 Å². The molecule has 5 nitrogen and oxygen atoms in total. The maximum atomic E-state index is 13.9. The molecule has 178 valence electrons. The molecule has 0 bridgehead atoms. The zero-order valence-electron chi connectivity index (χ0n) is 20.4. The lowest BCUT2D eigenvalue weighted by molar-refractivity contribution is -0.126. The number of rotatable bonds is 7. The summed E-state index contributed by atoms with van der Waals surface area (Å²) in [5, 5.41) is 4.20. The van der Waals surface area contributed by atoms with Crippen molar-refractivity contribution in [3.8, 4) is 0 Å². The Morgan fingerprint density at radius 2 is 1.60 bits per heavy atom. The van der Waals surface area contributed by atoms with Gasteiger partial charge in [0.15, 0.2) is 0 Å². The van der Waals surface area contributed by atoms with Crippen molar-refractivity contribution in [1.82, 2.24) is 14.8 Å². The zero-order chi connectivity index (χ0) is 24.5. The number of amides is 2. The molecule has 2 amide bonds. The number of nitrogens with zero attached hydrogens (tertiary/aromatic N) is 2. The lowest BCUT2D eigenvalue weighted by Gasteiger charge is -2.34. The third kappa shape index (κ3) is 4.23. The Hall–Kier alpha value is -3.86. The molecule has 4 aromatic rings. The molecule has 3 aromatic carbocycles. The summed E-state index contributed by atoms with van der Waals surface area (Å²) < 4.78 is 2.10. The summed E-state index contributed by atoms with van der Waals surface area (Å²) in [6, 6.07) is 25.0. The highest BCUT2D eigenvalue weighted by Crippen LogP contribution is 2.43. The van der Waals surface area contributed by atoms with Crippen LogP contribution in [0.1, 0.15) is 53.4 Å².